The maximum Gasteiger partial charge on any atom is 0.327 e. The summed E-state index contributed by atoms with van der Waals surface area (Å²) in [6.45, 7) is 4.09. The standard InChI is InChI=1S/C16H28Cl2O4/c1-3-5-7-9-11-15(17,13(19)20)16(18,14(21)22)12-10-8-6-4-2/h3-12H2,1-2H3,(H,19,20)(H,21,22). The Bertz CT molecular complexity index is 328. The lowest BCUT2D eigenvalue weighted by Gasteiger charge is -2.36. The highest BCUT2D eigenvalue weighted by atomic mass is 35.5. The third-order valence-electron chi connectivity index (χ3n) is 4.06. The molecular formula is C16H28Cl2O4. The average Bonchev–Trinajstić information content (AvgIpc) is 2.47. The van der Waals surface area contributed by atoms with Crippen molar-refractivity contribution in [2.45, 2.75) is 87.8 Å². The summed E-state index contributed by atoms with van der Waals surface area (Å²) in [5, 5.41) is 19.0. The van der Waals surface area contributed by atoms with Gasteiger partial charge in [-0.25, -0.2) is 0 Å². The lowest BCUT2D eigenvalue weighted by molar-refractivity contribution is -0.150. The van der Waals surface area contributed by atoms with E-state index >= 15 is 0 Å². The topological polar surface area (TPSA) is 74.6 Å². The van der Waals surface area contributed by atoms with E-state index in [4.69, 9.17) is 23.2 Å². The van der Waals surface area contributed by atoms with Crippen LogP contribution in [0.15, 0.2) is 0 Å². The maximum absolute atomic E-state index is 11.6. The monoisotopic (exact) mass is 354 g/mol. The molecule has 0 aliphatic carbocycles. The second kappa shape index (κ2) is 10.3. The molecule has 0 heterocycles. The number of aliphatic carboxylic acids is 2. The van der Waals surface area contributed by atoms with Crippen LogP contribution in [-0.2, 0) is 9.59 Å². The molecule has 2 atom stereocenters. The van der Waals surface area contributed by atoms with Gasteiger partial charge in [0.1, 0.15) is 0 Å². The first-order chi connectivity index (χ1) is 10.3. The zero-order valence-corrected chi connectivity index (χ0v) is 15.0. The summed E-state index contributed by atoms with van der Waals surface area (Å²) in [6.07, 6.45) is 6.81. The molecule has 0 fully saturated rings. The number of alkyl halides is 2. The van der Waals surface area contributed by atoms with Crippen molar-refractivity contribution in [3.63, 3.8) is 0 Å². The van der Waals surface area contributed by atoms with E-state index in [1.165, 1.54) is 0 Å². The summed E-state index contributed by atoms with van der Waals surface area (Å²) in [5.41, 5.74) is 0. The van der Waals surface area contributed by atoms with Crippen molar-refractivity contribution in [2.24, 2.45) is 0 Å². The number of carboxylic acids is 2. The molecule has 0 aliphatic heterocycles. The number of hydrogen-bond acceptors (Lipinski definition) is 2. The van der Waals surface area contributed by atoms with Crippen molar-refractivity contribution < 1.29 is 19.8 Å². The van der Waals surface area contributed by atoms with Crippen LogP contribution in [0.3, 0.4) is 0 Å². The molecule has 2 N–H and O–H groups in total. The molecule has 0 aromatic heterocycles. The van der Waals surface area contributed by atoms with Gasteiger partial charge >= 0.3 is 11.9 Å². The molecule has 22 heavy (non-hydrogen) atoms. The third-order valence-corrected chi connectivity index (χ3v) is 5.50. The Morgan fingerprint density at radius 1 is 0.727 bits per heavy atom. The van der Waals surface area contributed by atoms with Gasteiger partial charge in [-0.1, -0.05) is 65.2 Å². The molecule has 4 nitrogen and oxygen atoms in total. The van der Waals surface area contributed by atoms with E-state index in [-0.39, 0.29) is 12.8 Å². The van der Waals surface area contributed by atoms with Crippen molar-refractivity contribution in [3.8, 4) is 0 Å². The molecule has 0 radical (unpaired) electrons. The smallest absolute Gasteiger partial charge is 0.327 e. The molecule has 0 amide bonds. The average molecular weight is 355 g/mol. The first-order valence-corrected chi connectivity index (χ1v) is 8.86. The van der Waals surface area contributed by atoms with Gasteiger partial charge in [-0.15, -0.1) is 23.2 Å². The molecular weight excluding hydrogens is 327 g/mol. The molecule has 0 spiro atoms. The second-order valence-corrected chi connectivity index (χ2v) is 7.12. The van der Waals surface area contributed by atoms with Crippen LogP contribution >= 0.6 is 23.2 Å². The number of carbonyl (C=O) groups is 2. The van der Waals surface area contributed by atoms with Gasteiger partial charge in [0.05, 0.1) is 0 Å². The van der Waals surface area contributed by atoms with Gasteiger partial charge in [0.15, 0.2) is 9.75 Å². The van der Waals surface area contributed by atoms with Crippen LogP contribution in [0, 0.1) is 0 Å². The molecule has 0 aromatic carbocycles. The summed E-state index contributed by atoms with van der Waals surface area (Å²) in [7, 11) is 0. The Labute approximate surface area is 143 Å². The molecule has 0 rings (SSSR count). The largest absolute Gasteiger partial charge is 0.480 e. The molecule has 0 bridgehead atoms. The Morgan fingerprint density at radius 3 is 1.27 bits per heavy atom. The summed E-state index contributed by atoms with van der Waals surface area (Å²) < 4.78 is 0. The maximum atomic E-state index is 11.6. The number of hydrogen-bond donors (Lipinski definition) is 2. The van der Waals surface area contributed by atoms with Crippen LogP contribution in [0.25, 0.3) is 0 Å². The van der Waals surface area contributed by atoms with Gasteiger partial charge in [0, 0.05) is 0 Å². The fourth-order valence-electron chi connectivity index (χ4n) is 2.54. The normalized spacial score (nSPS) is 16.7. The lowest BCUT2D eigenvalue weighted by Crippen LogP contribution is -2.56. The quantitative estimate of drug-likeness (QED) is 0.358. The van der Waals surface area contributed by atoms with Crippen LogP contribution in [0.1, 0.15) is 78.1 Å². The number of rotatable bonds is 13. The third kappa shape index (κ3) is 5.62. The minimum atomic E-state index is -1.97. The second-order valence-electron chi connectivity index (χ2n) is 5.83. The van der Waals surface area contributed by atoms with E-state index in [1.54, 1.807) is 0 Å². The van der Waals surface area contributed by atoms with Crippen LogP contribution in [0.2, 0.25) is 0 Å². The van der Waals surface area contributed by atoms with E-state index in [0.717, 1.165) is 38.5 Å². The number of unbranched alkanes of at least 4 members (excludes halogenated alkanes) is 6. The van der Waals surface area contributed by atoms with Crippen LogP contribution in [-0.4, -0.2) is 31.9 Å². The Morgan fingerprint density at radius 2 is 1.05 bits per heavy atom. The first kappa shape index (κ1) is 21.5. The van der Waals surface area contributed by atoms with Gasteiger partial charge < -0.3 is 10.2 Å². The van der Waals surface area contributed by atoms with E-state index in [1.807, 2.05) is 13.8 Å². The van der Waals surface area contributed by atoms with E-state index < -0.39 is 21.7 Å². The molecule has 0 saturated carbocycles. The van der Waals surface area contributed by atoms with Crippen molar-refractivity contribution in [3.05, 3.63) is 0 Å². The fourth-order valence-corrected chi connectivity index (χ4v) is 3.16. The molecule has 0 aliphatic rings. The lowest BCUT2D eigenvalue weighted by atomic mass is 9.82. The SMILES string of the molecule is CCCCCCC(Cl)(C(=O)O)C(Cl)(CCCCCC)C(=O)O. The molecule has 2 unspecified atom stereocenters. The molecule has 0 saturated heterocycles. The predicted octanol–water partition coefficient (Wildman–Crippen LogP) is 5.05. The first-order valence-electron chi connectivity index (χ1n) is 8.10. The predicted molar refractivity (Wildman–Crippen MR) is 90.0 cm³/mol. The van der Waals surface area contributed by atoms with E-state index in [0.29, 0.717) is 12.8 Å². The van der Waals surface area contributed by atoms with Gasteiger partial charge in [0.2, 0.25) is 0 Å². The Kier molecular flexibility index (Phi) is 10.1. The minimum Gasteiger partial charge on any atom is -0.480 e. The zero-order valence-electron chi connectivity index (χ0n) is 13.5. The van der Waals surface area contributed by atoms with Gasteiger partial charge in [0.25, 0.3) is 0 Å². The fraction of sp³-hybridized carbons (Fsp3) is 0.875. The molecule has 0 aromatic rings. The van der Waals surface area contributed by atoms with Gasteiger partial charge in [-0.05, 0) is 12.8 Å². The number of halogens is 2. The van der Waals surface area contributed by atoms with Gasteiger partial charge in [-0.2, -0.15) is 0 Å². The summed E-state index contributed by atoms with van der Waals surface area (Å²) in [4.78, 5) is 19.3. The Balaban J connectivity index is 5.06. The van der Waals surface area contributed by atoms with Crippen LogP contribution < -0.4 is 0 Å². The molecule has 6 heteroatoms. The Hall–Kier alpha value is -0.480. The minimum absolute atomic E-state index is 0.0630. The highest BCUT2D eigenvalue weighted by molar-refractivity contribution is 6.47. The van der Waals surface area contributed by atoms with Crippen LogP contribution in [0.4, 0.5) is 0 Å². The van der Waals surface area contributed by atoms with Crippen molar-refractivity contribution in [1.82, 2.24) is 0 Å². The highest BCUT2D eigenvalue weighted by Gasteiger charge is 2.59. The molecule has 130 valence electrons. The van der Waals surface area contributed by atoms with Crippen molar-refractivity contribution in [2.75, 3.05) is 0 Å². The van der Waals surface area contributed by atoms with E-state index in [9.17, 15) is 19.8 Å². The number of carboxylic acid groups (broad SMARTS) is 2. The van der Waals surface area contributed by atoms with Crippen molar-refractivity contribution >= 4 is 35.1 Å². The van der Waals surface area contributed by atoms with Crippen LogP contribution in [0.5, 0.6) is 0 Å². The summed E-state index contributed by atoms with van der Waals surface area (Å²) in [5.74, 6) is -2.70. The van der Waals surface area contributed by atoms with Crippen molar-refractivity contribution in [1.29, 1.82) is 0 Å². The summed E-state index contributed by atoms with van der Waals surface area (Å²) >= 11 is 12.5. The van der Waals surface area contributed by atoms with Gasteiger partial charge in [-0.3, -0.25) is 9.59 Å². The summed E-state index contributed by atoms with van der Waals surface area (Å²) in [6, 6.07) is 0. The van der Waals surface area contributed by atoms with E-state index in [2.05, 4.69) is 0 Å². The zero-order chi connectivity index (χ0) is 17.2. The highest BCUT2D eigenvalue weighted by Crippen LogP contribution is 2.44.